The van der Waals surface area contributed by atoms with E-state index in [0.29, 0.717) is 11.3 Å². The van der Waals surface area contributed by atoms with Gasteiger partial charge in [0.2, 0.25) is 0 Å². The summed E-state index contributed by atoms with van der Waals surface area (Å²) >= 11 is 0. The number of carbonyl (C=O) groups is 1. The predicted molar refractivity (Wildman–Crippen MR) is 54.5 cm³/mol. The number of hydrazone groups is 1. The average Bonchev–Trinajstić information content (AvgIpc) is 2.30. The Labute approximate surface area is 86.2 Å². The second-order valence-electron chi connectivity index (χ2n) is 3.04. The molecule has 0 saturated carbocycles. The molecule has 5 nitrogen and oxygen atoms in total. The van der Waals surface area contributed by atoms with E-state index in [2.05, 4.69) is 15.5 Å². The van der Waals surface area contributed by atoms with Crippen molar-refractivity contribution in [1.82, 2.24) is 10.4 Å². The molecule has 1 aromatic heterocycles. The lowest BCUT2D eigenvalue weighted by molar-refractivity contribution is -0.132. The van der Waals surface area contributed by atoms with E-state index in [9.17, 15) is 4.79 Å². The van der Waals surface area contributed by atoms with E-state index in [0.717, 1.165) is 5.56 Å². The molecule has 0 radical (unpaired) electrons. The van der Waals surface area contributed by atoms with Crippen LogP contribution in [-0.2, 0) is 4.79 Å². The van der Waals surface area contributed by atoms with Crippen LogP contribution in [0, 0.1) is 0 Å². The number of pyridine rings is 1. The van der Waals surface area contributed by atoms with Gasteiger partial charge in [0, 0.05) is 18.0 Å². The number of nitrogens with one attached hydrogen (secondary N) is 1. The zero-order valence-electron chi connectivity index (χ0n) is 7.84. The molecule has 2 heterocycles. The Morgan fingerprint density at radius 1 is 1.40 bits per heavy atom. The van der Waals surface area contributed by atoms with Gasteiger partial charge in [-0.2, -0.15) is 5.10 Å². The van der Waals surface area contributed by atoms with E-state index in [1.165, 1.54) is 0 Å². The first kappa shape index (κ1) is 9.39. The van der Waals surface area contributed by atoms with Gasteiger partial charge in [-0.3, -0.25) is 4.98 Å². The second kappa shape index (κ2) is 3.91. The summed E-state index contributed by atoms with van der Waals surface area (Å²) in [5.41, 5.74) is 4.44. The Bertz CT molecular complexity index is 437. The molecular formula is C10H9N3O2. The lowest BCUT2D eigenvalue weighted by Crippen LogP contribution is -2.23. The van der Waals surface area contributed by atoms with Gasteiger partial charge in [0.25, 0.3) is 0 Å². The largest absolute Gasteiger partial charge is 0.478 e. The molecule has 1 aliphatic rings. The van der Waals surface area contributed by atoms with Crippen molar-refractivity contribution in [3.8, 4) is 0 Å². The number of nitrogens with zero attached hydrogens (tertiary/aromatic N) is 2. The maximum atomic E-state index is 10.8. The maximum absolute atomic E-state index is 10.8. The number of carboxylic acids is 1. The number of aliphatic carboxylic acids is 1. The fourth-order valence-corrected chi connectivity index (χ4v) is 1.27. The summed E-state index contributed by atoms with van der Waals surface area (Å²) in [4.78, 5) is 14.6. The monoisotopic (exact) mass is 203 g/mol. The van der Waals surface area contributed by atoms with Crippen LogP contribution < -0.4 is 5.43 Å². The summed E-state index contributed by atoms with van der Waals surface area (Å²) < 4.78 is 0. The van der Waals surface area contributed by atoms with Crippen LogP contribution in [0.15, 0.2) is 41.3 Å². The van der Waals surface area contributed by atoms with Gasteiger partial charge in [-0.25, -0.2) is 4.79 Å². The van der Waals surface area contributed by atoms with Crippen molar-refractivity contribution < 1.29 is 9.90 Å². The molecule has 2 rings (SSSR count). The molecule has 76 valence electrons. The Balaban J connectivity index is 2.32. The number of hydrogen-bond donors (Lipinski definition) is 2. The van der Waals surface area contributed by atoms with Gasteiger partial charge in [0.1, 0.15) is 0 Å². The van der Waals surface area contributed by atoms with Crippen LogP contribution in [0.2, 0.25) is 0 Å². The van der Waals surface area contributed by atoms with E-state index in [-0.39, 0.29) is 6.54 Å². The van der Waals surface area contributed by atoms with Crippen LogP contribution >= 0.6 is 0 Å². The smallest absolute Gasteiger partial charge is 0.333 e. The summed E-state index contributed by atoms with van der Waals surface area (Å²) in [6.07, 6.45) is 4.84. The van der Waals surface area contributed by atoms with E-state index in [1.54, 1.807) is 30.6 Å². The van der Waals surface area contributed by atoms with E-state index < -0.39 is 5.97 Å². The fourth-order valence-electron chi connectivity index (χ4n) is 1.27. The molecule has 0 fully saturated rings. The Hall–Kier alpha value is -2.17. The molecule has 1 aliphatic heterocycles. The van der Waals surface area contributed by atoms with Crippen molar-refractivity contribution in [1.29, 1.82) is 0 Å². The number of allylic oxidation sites excluding steroid dienone is 1. The highest BCUT2D eigenvalue weighted by Crippen LogP contribution is 2.07. The van der Waals surface area contributed by atoms with E-state index in [4.69, 9.17) is 5.11 Å². The molecular weight excluding hydrogens is 194 g/mol. The minimum absolute atomic E-state index is 0.254. The first-order valence-corrected chi connectivity index (χ1v) is 4.42. The summed E-state index contributed by atoms with van der Waals surface area (Å²) in [5.74, 6) is -0.927. The van der Waals surface area contributed by atoms with Gasteiger partial charge >= 0.3 is 5.97 Å². The number of hydrogen-bond acceptors (Lipinski definition) is 4. The standard InChI is InChI=1S/C10H9N3O2/c14-10(15)8-5-9(13-12-6-8)7-1-3-11-4-2-7/h1-5,12H,6H2,(H,14,15). The molecule has 0 atom stereocenters. The van der Waals surface area contributed by atoms with Crippen molar-refractivity contribution in [2.45, 2.75) is 0 Å². The third kappa shape index (κ3) is 2.01. The van der Waals surface area contributed by atoms with E-state index >= 15 is 0 Å². The Kier molecular flexibility index (Phi) is 2.45. The van der Waals surface area contributed by atoms with Crippen LogP contribution in [0.25, 0.3) is 0 Å². The van der Waals surface area contributed by atoms with Crippen molar-refractivity contribution in [3.05, 3.63) is 41.7 Å². The summed E-state index contributed by atoms with van der Waals surface area (Å²) in [7, 11) is 0. The van der Waals surface area contributed by atoms with Crippen molar-refractivity contribution in [3.63, 3.8) is 0 Å². The normalized spacial score (nSPS) is 14.9. The Morgan fingerprint density at radius 3 is 2.80 bits per heavy atom. The predicted octanol–water partition coefficient (Wildman–Crippen LogP) is 0.400. The van der Waals surface area contributed by atoms with Gasteiger partial charge in [0.05, 0.1) is 17.8 Å². The molecule has 0 spiro atoms. The molecule has 0 saturated heterocycles. The number of aromatic nitrogens is 1. The van der Waals surface area contributed by atoms with Gasteiger partial charge < -0.3 is 10.5 Å². The van der Waals surface area contributed by atoms with Gasteiger partial charge in [0.15, 0.2) is 0 Å². The zero-order chi connectivity index (χ0) is 10.7. The average molecular weight is 203 g/mol. The molecule has 0 unspecified atom stereocenters. The van der Waals surface area contributed by atoms with Crippen LogP contribution in [-0.4, -0.2) is 28.3 Å². The molecule has 5 heteroatoms. The molecule has 1 aromatic rings. The SMILES string of the molecule is O=C(O)C1=CC(c2ccncc2)=NNC1. The third-order valence-corrected chi connectivity index (χ3v) is 2.03. The third-order valence-electron chi connectivity index (χ3n) is 2.03. The molecule has 0 aromatic carbocycles. The second-order valence-corrected chi connectivity index (χ2v) is 3.04. The molecule has 0 aliphatic carbocycles. The number of carboxylic acid groups (broad SMARTS) is 1. The van der Waals surface area contributed by atoms with Crippen molar-refractivity contribution in [2.75, 3.05) is 6.54 Å². The van der Waals surface area contributed by atoms with E-state index in [1.807, 2.05) is 0 Å². The molecule has 0 bridgehead atoms. The van der Waals surface area contributed by atoms with Crippen LogP contribution in [0.4, 0.5) is 0 Å². The molecule has 0 amide bonds. The first-order valence-electron chi connectivity index (χ1n) is 4.42. The quantitative estimate of drug-likeness (QED) is 0.729. The van der Waals surface area contributed by atoms with Crippen LogP contribution in [0.1, 0.15) is 5.56 Å². The van der Waals surface area contributed by atoms with Crippen molar-refractivity contribution >= 4 is 11.7 Å². The van der Waals surface area contributed by atoms with Gasteiger partial charge in [-0.15, -0.1) is 0 Å². The highest BCUT2D eigenvalue weighted by Gasteiger charge is 2.13. The van der Waals surface area contributed by atoms with Crippen molar-refractivity contribution in [2.24, 2.45) is 5.10 Å². The number of rotatable bonds is 2. The lowest BCUT2D eigenvalue weighted by atomic mass is 10.1. The summed E-state index contributed by atoms with van der Waals surface area (Å²) in [5, 5.41) is 12.9. The summed E-state index contributed by atoms with van der Waals surface area (Å²) in [6, 6.07) is 3.56. The lowest BCUT2D eigenvalue weighted by Gasteiger charge is -2.11. The molecule has 15 heavy (non-hydrogen) atoms. The van der Waals surface area contributed by atoms with Crippen LogP contribution in [0.5, 0.6) is 0 Å². The first-order chi connectivity index (χ1) is 7.27. The van der Waals surface area contributed by atoms with Gasteiger partial charge in [-0.05, 0) is 18.2 Å². The molecule has 2 N–H and O–H groups in total. The minimum Gasteiger partial charge on any atom is -0.478 e. The topological polar surface area (TPSA) is 74.6 Å². The highest BCUT2D eigenvalue weighted by atomic mass is 16.4. The highest BCUT2D eigenvalue weighted by molar-refractivity contribution is 6.12. The fraction of sp³-hybridized carbons (Fsp3) is 0.100. The zero-order valence-corrected chi connectivity index (χ0v) is 7.84. The van der Waals surface area contributed by atoms with Gasteiger partial charge in [-0.1, -0.05) is 0 Å². The maximum Gasteiger partial charge on any atom is 0.333 e. The Morgan fingerprint density at radius 2 is 2.13 bits per heavy atom. The van der Waals surface area contributed by atoms with Crippen LogP contribution in [0.3, 0.4) is 0 Å². The summed E-state index contributed by atoms with van der Waals surface area (Å²) in [6.45, 7) is 0.254. The minimum atomic E-state index is -0.927.